The van der Waals surface area contributed by atoms with E-state index >= 15 is 0 Å². The SMILES string of the molecule is CC(C)Oc1cc(Br)cc(C(=O)NCCC(=O)O)c1. The van der Waals surface area contributed by atoms with Gasteiger partial charge in [0.05, 0.1) is 12.5 Å². The second kappa shape index (κ2) is 7.13. The summed E-state index contributed by atoms with van der Waals surface area (Å²) in [5, 5.41) is 11.0. The van der Waals surface area contributed by atoms with E-state index in [0.717, 1.165) is 4.47 Å². The molecule has 19 heavy (non-hydrogen) atoms. The van der Waals surface area contributed by atoms with Gasteiger partial charge < -0.3 is 15.2 Å². The number of halogens is 1. The number of amides is 1. The Labute approximate surface area is 120 Å². The number of hydrogen-bond acceptors (Lipinski definition) is 3. The lowest BCUT2D eigenvalue weighted by Crippen LogP contribution is -2.26. The zero-order valence-corrected chi connectivity index (χ0v) is 12.4. The Morgan fingerprint density at radius 2 is 2.05 bits per heavy atom. The quantitative estimate of drug-likeness (QED) is 0.840. The maximum Gasteiger partial charge on any atom is 0.305 e. The standard InChI is InChI=1S/C13H16BrNO4/c1-8(2)19-11-6-9(5-10(14)7-11)13(18)15-4-3-12(16)17/h5-8H,3-4H2,1-2H3,(H,15,18)(H,16,17). The topological polar surface area (TPSA) is 75.6 Å². The average Bonchev–Trinajstić information content (AvgIpc) is 2.26. The summed E-state index contributed by atoms with van der Waals surface area (Å²) in [7, 11) is 0. The number of benzene rings is 1. The molecular formula is C13H16BrNO4. The van der Waals surface area contributed by atoms with Crippen molar-refractivity contribution in [3.8, 4) is 5.75 Å². The lowest BCUT2D eigenvalue weighted by atomic mass is 10.2. The highest BCUT2D eigenvalue weighted by Crippen LogP contribution is 2.22. The van der Waals surface area contributed by atoms with Crippen molar-refractivity contribution >= 4 is 27.8 Å². The molecule has 1 rings (SSSR count). The van der Waals surface area contributed by atoms with Crippen LogP contribution in [0.25, 0.3) is 0 Å². The summed E-state index contributed by atoms with van der Waals surface area (Å²) in [5.41, 5.74) is 0.426. The molecule has 1 aromatic carbocycles. The first-order chi connectivity index (χ1) is 8.88. The molecule has 0 fully saturated rings. The first-order valence-electron chi connectivity index (χ1n) is 5.85. The van der Waals surface area contributed by atoms with Gasteiger partial charge in [-0.1, -0.05) is 15.9 Å². The van der Waals surface area contributed by atoms with Crippen molar-refractivity contribution in [2.45, 2.75) is 26.4 Å². The van der Waals surface area contributed by atoms with E-state index in [4.69, 9.17) is 9.84 Å². The first kappa shape index (κ1) is 15.5. The Morgan fingerprint density at radius 1 is 1.37 bits per heavy atom. The van der Waals surface area contributed by atoms with Crippen LogP contribution in [-0.2, 0) is 4.79 Å². The van der Waals surface area contributed by atoms with Crippen molar-refractivity contribution in [2.75, 3.05) is 6.54 Å². The number of carbonyl (C=O) groups excluding carboxylic acids is 1. The number of carboxylic acid groups (broad SMARTS) is 1. The minimum Gasteiger partial charge on any atom is -0.491 e. The molecule has 2 N–H and O–H groups in total. The summed E-state index contributed by atoms with van der Waals surface area (Å²) in [5.74, 6) is -0.678. The van der Waals surface area contributed by atoms with Gasteiger partial charge in [0.15, 0.2) is 0 Å². The first-order valence-corrected chi connectivity index (χ1v) is 6.65. The molecule has 6 heteroatoms. The lowest BCUT2D eigenvalue weighted by molar-refractivity contribution is -0.136. The van der Waals surface area contributed by atoms with E-state index in [2.05, 4.69) is 21.2 Å². The molecule has 0 atom stereocenters. The molecule has 0 saturated heterocycles. The molecule has 0 aliphatic heterocycles. The van der Waals surface area contributed by atoms with Crippen molar-refractivity contribution in [3.63, 3.8) is 0 Å². The molecule has 0 heterocycles. The molecule has 1 aromatic rings. The third kappa shape index (κ3) is 5.74. The predicted octanol–water partition coefficient (Wildman–Crippen LogP) is 2.44. The van der Waals surface area contributed by atoms with Crippen LogP contribution in [0.2, 0.25) is 0 Å². The summed E-state index contributed by atoms with van der Waals surface area (Å²) in [6.45, 7) is 3.89. The number of carboxylic acids is 1. The molecular weight excluding hydrogens is 314 g/mol. The molecule has 0 bridgehead atoms. The fraction of sp³-hybridized carbons (Fsp3) is 0.385. The minimum absolute atomic E-state index is 0.0113. The van der Waals surface area contributed by atoms with Gasteiger partial charge in [-0.2, -0.15) is 0 Å². The normalized spacial score (nSPS) is 10.3. The summed E-state index contributed by atoms with van der Waals surface area (Å²) in [6, 6.07) is 5.05. The van der Waals surface area contributed by atoms with Gasteiger partial charge in [0.2, 0.25) is 0 Å². The van der Waals surface area contributed by atoms with Crippen LogP contribution in [0.15, 0.2) is 22.7 Å². The van der Waals surface area contributed by atoms with Crippen molar-refractivity contribution in [3.05, 3.63) is 28.2 Å². The fourth-order valence-corrected chi connectivity index (χ4v) is 1.89. The lowest BCUT2D eigenvalue weighted by Gasteiger charge is -2.12. The van der Waals surface area contributed by atoms with E-state index in [1.807, 2.05) is 13.8 Å². The molecule has 0 unspecified atom stereocenters. The Balaban J connectivity index is 2.73. The minimum atomic E-state index is -0.946. The maximum atomic E-state index is 11.8. The molecule has 0 saturated carbocycles. The molecule has 1 amide bonds. The van der Waals surface area contributed by atoms with Crippen molar-refractivity contribution in [2.24, 2.45) is 0 Å². The van der Waals surface area contributed by atoms with E-state index in [1.165, 1.54) is 0 Å². The van der Waals surface area contributed by atoms with Crippen LogP contribution in [0.5, 0.6) is 5.75 Å². The third-order valence-corrected chi connectivity index (χ3v) is 2.59. The third-order valence-electron chi connectivity index (χ3n) is 2.13. The number of aliphatic carboxylic acids is 1. The zero-order valence-electron chi connectivity index (χ0n) is 10.8. The van der Waals surface area contributed by atoms with Crippen LogP contribution in [0.4, 0.5) is 0 Å². The van der Waals surface area contributed by atoms with Gasteiger partial charge in [0, 0.05) is 16.6 Å². The van der Waals surface area contributed by atoms with E-state index in [1.54, 1.807) is 18.2 Å². The summed E-state index contributed by atoms with van der Waals surface area (Å²) in [6.07, 6.45) is -0.0908. The molecule has 0 aliphatic carbocycles. The van der Waals surface area contributed by atoms with Crippen LogP contribution in [0, 0.1) is 0 Å². The van der Waals surface area contributed by atoms with Gasteiger partial charge in [-0.25, -0.2) is 0 Å². The van der Waals surface area contributed by atoms with Gasteiger partial charge in [-0.3, -0.25) is 9.59 Å². The molecule has 0 aromatic heterocycles. The Kier molecular flexibility index (Phi) is 5.82. The number of nitrogens with one attached hydrogen (secondary N) is 1. The number of carbonyl (C=O) groups is 2. The van der Waals surface area contributed by atoms with Crippen molar-refractivity contribution in [1.82, 2.24) is 5.32 Å². The van der Waals surface area contributed by atoms with E-state index < -0.39 is 5.97 Å². The number of ether oxygens (including phenoxy) is 1. The van der Waals surface area contributed by atoms with E-state index in [-0.39, 0.29) is 25.0 Å². The second-order valence-corrected chi connectivity index (χ2v) is 5.16. The molecule has 0 aliphatic rings. The van der Waals surface area contributed by atoms with Crippen LogP contribution in [0.3, 0.4) is 0 Å². The molecule has 5 nitrogen and oxygen atoms in total. The summed E-state index contributed by atoms with van der Waals surface area (Å²) in [4.78, 5) is 22.2. The molecule has 0 radical (unpaired) electrons. The summed E-state index contributed by atoms with van der Waals surface area (Å²) < 4.78 is 6.26. The maximum absolute atomic E-state index is 11.8. The van der Waals surface area contributed by atoms with Crippen LogP contribution >= 0.6 is 15.9 Å². The smallest absolute Gasteiger partial charge is 0.305 e. The van der Waals surface area contributed by atoms with Crippen LogP contribution in [0.1, 0.15) is 30.6 Å². The number of rotatable bonds is 6. The fourth-order valence-electron chi connectivity index (χ4n) is 1.42. The van der Waals surface area contributed by atoms with Gasteiger partial charge in [0.25, 0.3) is 5.91 Å². The zero-order chi connectivity index (χ0) is 14.4. The van der Waals surface area contributed by atoms with Crippen molar-refractivity contribution in [1.29, 1.82) is 0 Å². The Morgan fingerprint density at radius 3 is 2.63 bits per heavy atom. The highest BCUT2D eigenvalue weighted by atomic mass is 79.9. The average molecular weight is 330 g/mol. The monoisotopic (exact) mass is 329 g/mol. The highest BCUT2D eigenvalue weighted by molar-refractivity contribution is 9.10. The summed E-state index contributed by atoms with van der Waals surface area (Å²) >= 11 is 3.31. The number of hydrogen-bond donors (Lipinski definition) is 2. The Bertz CT molecular complexity index is 474. The second-order valence-electron chi connectivity index (χ2n) is 4.24. The van der Waals surface area contributed by atoms with E-state index in [9.17, 15) is 9.59 Å². The molecule has 104 valence electrons. The molecule has 0 spiro atoms. The largest absolute Gasteiger partial charge is 0.491 e. The Hall–Kier alpha value is -1.56. The van der Waals surface area contributed by atoms with E-state index in [0.29, 0.717) is 11.3 Å². The van der Waals surface area contributed by atoms with Crippen LogP contribution in [-0.4, -0.2) is 29.6 Å². The highest BCUT2D eigenvalue weighted by Gasteiger charge is 2.10. The predicted molar refractivity (Wildman–Crippen MR) is 74.5 cm³/mol. The van der Waals surface area contributed by atoms with Gasteiger partial charge in [-0.05, 0) is 32.0 Å². The van der Waals surface area contributed by atoms with Gasteiger partial charge in [-0.15, -0.1) is 0 Å². The van der Waals surface area contributed by atoms with Crippen molar-refractivity contribution < 1.29 is 19.4 Å². The van der Waals surface area contributed by atoms with Gasteiger partial charge >= 0.3 is 5.97 Å². The van der Waals surface area contributed by atoms with Crippen LogP contribution < -0.4 is 10.1 Å². The van der Waals surface area contributed by atoms with Gasteiger partial charge in [0.1, 0.15) is 5.75 Å².